The molecule has 0 heterocycles. The number of rotatable bonds is 9. The fourth-order valence-electron chi connectivity index (χ4n) is 3.20. The number of anilines is 1. The molecule has 1 radical (unpaired) electrons. The third-order valence-electron chi connectivity index (χ3n) is 4.54. The third kappa shape index (κ3) is 5.79. The summed E-state index contributed by atoms with van der Waals surface area (Å²) in [6.45, 7) is 2.18. The molecule has 0 aliphatic heterocycles. The van der Waals surface area contributed by atoms with Gasteiger partial charge in [0, 0.05) is 18.8 Å². The van der Waals surface area contributed by atoms with Crippen molar-refractivity contribution in [3.8, 4) is 0 Å². The van der Waals surface area contributed by atoms with Gasteiger partial charge in [-0.2, -0.15) is 0 Å². The lowest BCUT2D eigenvalue weighted by atomic mass is 10.1. The third-order valence-corrected chi connectivity index (χ3v) is 4.54. The summed E-state index contributed by atoms with van der Waals surface area (Å²) in [5.41, 5.74) is 4.15. The van der Waals surface area contributed by atoms with Crippen LogP contribution in [0, 0.1) is 6.07 Å². The van der Waals surface area contributed by atoms with Gasteiger partial charge in [-0.15, -0.1) is 0 Å². The minimum absolute atomic E-state index is 1.09. The summed E-state index contributed by atoms with van der Waals surface area (Å²) in [6, 6.07) is 33.0. The Labute approximate surface area is 151 Å². The molecule has 0 N–H and O–H groups in total. The van der Waals surface area contributed by atoms with Crippen LogP contribution in [0.4, 0.5) is 5.69 Å². The Morgan fingerprint density at radius 1 is 0.600 bits per heavy atom. The summed E-state index contributed by atoms with van der Waals surface area (Å²) in [6.07, 6.45) is 4.62. The van der Waals surface area contributed by atoms with E-state index in [0.29, 0.717) is 0 Å². The normalized spacial score (nSPS) is 10.6. The Hall–Kier alpha value is -2.54. The van der Waals surface area contributed by atoms with Crippen LogP contribution in [0.2, 0.25) is 0 Å². The zero-order chi connectivity index (χ0) is 17.2. The van der Waals surface area contributed by atoms with Crippen LogP contribution in [-0.2, 0) is 12.8 Å². The molecule has 3 aromatic carbocycles. The molecule has 1 nitrogen and oxygen atoms in total. The molecular formula is C24H26N. The van der Waals surface area contributed by atoms with Crippen LogP contribution in [0.5, 0.6) is 0 Å². The maximum absolute atomic E-state index is 3.12. The molecule has 0 aliphatic carbocycles. The Morgan fingerprint density at radius 3 is 1.56 bits per heavy atom. The van der Waals surface area contributed by atoms with E-state index in [1.165, 1.54) is 29.7 Å². The van der Waals surface area contributed by atoms with Gasteiger partial charge in [-0.3, -0.25) is 0 Å². The first-order chi connectivity index (χ1) is 12.4. The van der Waals surface area contributed by atoms with Crippen molar-refractivity contribution in [2.75, 3.05) is 18.0 Å². The fraction of sp³-hybridized carbons (Fsp3) is 0.250. The lowest BCUT2D eigenvalue weighted by Crippen LogP contribution is -2.26. The molecule has 25 heavy (non-hydrogen) atoms. The van der Waals surface area contributed by atoms with Crippen LogP contribution in [-0.4, -0.2) is 13.1 Å². The van der Waals surface area contributed by atoms with E-state index in [2.05, 4.69) is 83.8 Å². The minimum Gasteiger partial charge on any atom is -0.372 e. The van der Waals surface area contributed by atoms with Gasteiger partial charge >= 0.3 is 0 Å². The molecular weight excluding hydrogens is 302 g/mol. The first-order valence-corrected chi connectivity index (χ1v) is 9.21. The van der Waals surface area contributed by atoms with Crippen molar-refractivity contribution in [2.45, 2.75) is 25.7 Å². The van der Waals surface area contributed by atoms with Crippen LogP contribution in [0.1, 0.15) is 24.0 Å². The van der Waals surface area contributed by atoms with Gasteiger partial charge in [0.1, 0.15) is 0 Å². The monoisotopic (exact) mass is 328 g/mol. The second-order valence-corrected chi connectivity index (χ2v) is 6.42. The van der Waals surface area contributed by atoms with Crippen molar-refractivity contribution in [2.24, 2.45) is 0 Å². The van der Waals surface area contributed by atoms with Crippen LogP contribution in [0.3, 0.4) is 0 Å². The maximum atomic E-state index is 3.12. The second-order valence-electron chi connectivity index (χ2n) is 6.42. The molecule has 0 saturated heterocycles. The van der Waals surface area contributed by atoms with Crippen molar-refractivity contribution < 1.29 is 0 Å². The van der Waals surface area contributed by atoms with E-state index < -0.39 is 0 Å². The van der Waals surface area contributed by atoms with Gasteiger partial charge in [0.2, 0.25) is 0 Å². The largest absolute Gasteiger partial charge is 0.372 e. The number of hydrogen-bond donors (Lipinski definition) is 0. The van der Waals surface area contributed by atoms with E-state index >= 15 is 0 Å². The van der Waals surface area contributed by atoms with Crippen LogP contribution in [0.15, 0.2) is 84.9 Å². The molecule has 1 heteroatoms. The molecule has 0 atom stereocenters. The van der Waals surface area contributed by atoms with Crippen LogP contribution < -0.4 is 4.90 Å². The van der Waals surface area contributed by atoms with E-state index in [1.54, 1.807) is 0 Å². The Morgan fingerprint density at radius 2 is 1.08 bits per heavy atom. The average molecular weight is 328 g/mol. The summed E-state index contributed by atoms with van der Waals surface area (Å²) in [7, 11) is 0. The highest BCUT2D eigenvalue weighted by atomic mass is 15.1. The molecule has 127 valence electrons. The van der Waals surface area contributed by atoms with Crippen LogP contribution in [0.25, 0.3) is 0 Å². The molecule has 3 aromatic rings. The van der Waals surface area contributed by atoms with Crippen LogP contribution >= 0.6 is 0 Å². The topological polar surface area (TPSA) is 3.24 Å². The number of aryl methyl sites for hydroxylation is 2. The smallest absolute Gasteiger partial charge is 0.0366 e. The van der Waals surface area contributed by atoms with E-state index in [9.17, 15) is 0 Å². The van der Waals surface area contributed by atoms with Gasteiger partial charge in [-0.1, -0.05) is 72.8 Å². The quantitative estimate of drug-likeness (QED) is 0.497. The Balaban J connectivity index is 1.54. The van der Waals surface area contributed by atoms with Gasteiger partial charge < -0.3 is 4.90 Å². The highest BCUT2D eigenvalue weighted by molar-refractivity contribution is 5.45. The number of nitrogens with zero attached hydrogens (tertiary/aromatic N) is 1. The molecule has 3 rings (SSSR count). The van der Waals surface area contributed by atoms with Gasteiger partial charge in [0.05, 0.1) is 0 Å². The van der Waals surface area contributed by atoms with Crippen molar-refractivity contribution in [1.29, 1.82) is 0 Å². The number of hydrogen-bond acceptors (Lipinski definition) is 1. The lowest BCUT2D eigenvalue weighted by molar-refractivity contribution is 0.692. The van der Waals surface area contributed by atoms with E-state index in [4.69, 9.17) is 0 Å². The second kappa shape index (κ2) is 9.68. The molecule has 0 bridgehead atoms. The molecule has 0 amide bonds. The minimum atomic E-state index is 1.09. The highest BCUT2D eigenvalue weighted by Crippen LogP contribution is 2.16. The first kappa shape index (κ1) is 17.3. The van der Waals surface area contributed by atoms with Crippen molar-refractivity contribution in [3.63, 3.8) is 0 Å². The molecule has 0 fully saturated rings. The van der Waals surface area contributed by atoms with Crippen molar-refractivity contribution in [3.05, 3.63) is 102 Å². The van der Waals surface area contributed by atoms with Gasteiger partial charge in [0.15, 0.2) is 0 Å². The maximum Gasteiger partial charge on any atom is 0.0366 e. The standard InChI is InChI=1S/C24H26N/c1-4-12-22(13-5-1)16-10-20-25(24-18-8-3-9-19-24)21-11-17-23-14-6-2-7-15-23/h1-2,4-9,12-15,18-19H,10-11,16-17,20-21H2. The summed E-state index contributed by atoms with van der Waals surface area (Å²) in [5.74, 6) is 0. The van der Waals surface area contributed by atoms with Gasteiger partial charge in [-0.05, 0) is 55.0 Å². The van der Waals surface area contributed by atoms with Gasteiger partial charge in [-0.25, -0.2) is 0 Å². The predicted molar refractivity (Wildman–Crippen MR) is 107 cm³/mol. The summed E-state index contributed by atoms with van der Waals surface area (Å²) < 4.78 is 0. The Bertz CT molecular complexity index is 661. The fourth-order valence-corrected chi connectivity index (χ4v) is 3.20. The SMILES string of the molecule is [c]1ccc(N(CCCc2ccccc2)CCCc2ccccc2)cc1. The summed E-state index contributed by atoms with van der Waals surface area (Å²) in [5, 5.41) is 0. The van der Waals surface area contributed by atoms with E-state index in [0.717, 1.165) is 25.9 Å². The predicted octanol–water partition coefficient (Wildman–Crippen LogP) is 5.56. The lowest BCUT2D eigenvalue weighted by Gasteiger charge is -2.25. The van der Waals surface area contributed by atoms with E-state index in [-0.39, 0.29) is 0 Å². The summed E-state index contributed by atoms with van der Waals surface area (Å²) >= 11 is 0. The van der Waals surface area contributed by atoms with E-state index in [1.807, 2.05) is 12.1 Å². The molecule has 0 unspecified atom stereocenters. The highest BCUT2D eigenvalue weighted by Gasteiger charge is 2.06. The molecule has 0 aliphatic rings. The average Bonchev–Trinajstić information content (AvgIpc) is 2.69. The Kier molecular flexibility index (Phi) is 6.70. The number of benzene rings is 3. The summed E-state index contributed by atoms with van der Waals surface area (Å²) in [4.78, 5) is 2.51. The molecule has 0 spiro atoms. The zero-order valence-corrected chi connectivity index (χ0v) is 14.8. The molecule has 0 aromatic heterocycles. The van der Waals surface area contributed by atoms with Crippen molar-refractivity contribution in [1.82, 2.24) is 0 Å². The zero-order valence-electron chi connectivity index (χ0n) is 14.8. The van der Waals surface area contributed by atoms with Gasteiger partial charge in [0.25, 0.3) is 0 Å². The van der Waals surface area contributed by atoms with Crippen molar-refractivity contribution >= 4 is 5.69 Å². The molecule has 0 saturated carbocycles. The first-order valence-electron chi connectivity index (χ1n) is 9.21.